The zero-order valence-electron chi connectivity index (χ0n) is 12.8. The molecule has 0 aromatic rings. The molecule has 0 aromatic carbocycles. The Morgan fingerprint density at radius 3 is 2.35 bits per heavy atom. The maximum Gasteiger partial charge on any atom is 0.150 e. The van der Waals surface area contributed by atoms with Gasteiger partial charge in [-0.1, -0.05) is 13.3 Å². The van der Waals surface area contributed by atoms with Crippen molar-refractivity contribution < 1.29 is 8.42 Å². The third-order valence-corrected chi connectivity index (χ3v) is 7.65. The lowest BCUT2D eigenvalue weighted by molar-refractivity contribution is 0.202. The van der Waals surface area contributed by atoms with Crippen LogP contribution < -0.4 is 5.32 Å². The first kappa shape index (κ1) is 14.8. The lowest BCUT2D eigenvalue weighted by Gasteiger charge is -2.38. The molecule has 3 aliphatic rings. The standard InChI is InChI=1S/C16H29NO2S/c1-3-17-16(14-8-12-7-13(12)9-14)11-5-4-6-15(10-11)20(2,18)19/h11-17H,3-10H2,1-2H3. The van der Waals surface area contributed by atoms with Gasteiger partial charge in [0.2, 0.25) is 0 Å². The summed E-state index contributed by atoms with van der Waals surface area (Å²) in [5.41, 5.74) is 0. The highest BCUT2D eigenvalue weighted by molar-refractivity contribution is 7.91. The van der Waals surface area contributed by atoms with Crippen molar-refractivity contribution in [2.45, 2.75) is 63.2 Å². The van der Waals surface area contributed by atoms with Gasteiger partial charge in [-0.05, 0) is 68.7 Å². The fourth-order valence-corrected chi connectivity index (χ4v) is 6.10. The average Bonchev–Trinajstić information content (AvgIpc) is 3.02. The van der Waals surface area contributed by atoms with Crippen LogP contribution in [0.4, 0.5) is 0 Å². The second-order valence-corrected chi connectivity index (χ2v) is 9.77. The Morgan fingerprint density at radius 1 is 1.05 bits per heavy atom. The summed E-state index contributed by atoms with van der Waals surface area (Å²) in [6, 6.07) is 0.567. The Labute approximate surface area is 123 Å². The van der Waals surface area contributed by atoms with E-state index in [0.717, 1.165) is 43.6 Å². The maximum absolute atomic E-state index is 11.9. The summed E-state index contributed by atoms with van der Waals surface area (Å²) in [5.74, 6) is 3.40. The summed E-state index contributed by atoms with van der Waals surface area (Å²) >= 11 is 0. The van der Waals surface area contributed by atoms with Crippen LogP contribution in [0.2, 0.25) is 0 Å². The quantitative estimate of drug-likeness (QED) is 0.849. The highest BCUT2D eigenvalue weighted by Crippen LogP contribution is 2.56. The number of sulfone groups is 1. The molecule has 0 bridgehead atoms. The van der Waals surface area contributed by atoms with Crippen molar-refractivity contribution in [3.63, 3.8) is 0 Å². The summed E-state index contributed by atoms with van der Waals surface area (Å²) in [6.45, 7) is 3.19. The van der Waals surface area contributed by atoms with E-state index in [1.165, 1.54) is 31.9 Å². The monoisotopic (exact) mass is 299 g/mol. The van der Waals surface area contributed by atoms with E-state index in [1.807, 2.05) is 0 Å². The first-order valence-corrected chi connectivity index (χ1v) is 10.4. The van der Waals surface area contributed by atoms with Crippen LogP contribution in [0.1, 0.15) is 51.9 Å². The van der Waals surface area contributed by atoms with Crippen molar-refractivity contribution >= 4 is 9.84 Å². The van der Waals surface area contributed by atoms with Gasteiger partial charge in [0.05, 0.1) is 5.25 Å². The molecule has 0 amide bonds. The van der Waals surface area contributed by atoms with Gasteiger partial charge in [-0.3, -0.25) is 0 Å². The molecule has 1 N–H and O–H groups in total. The summed E-state index contributed by atoms with van der Waals surface area (Å²) in [6.07, 6.45) is 9.75. The number of hydrogen-bond acceptors (Lipinski definition) is 3. The highest BCUT2D eigenvalue weighted by atomic mass is 32.2. The van der Waals surface area contributed by atoms with E-state index in [4.69, 9.17) is 0 Å². The van der Waals surface area contributed by atoms with Crippen molar-refractivity contribution in [2.75, 3.05) is 12.8 Å². The van der Waals surface area contributed by atoms with Crippen molar-refractivity contribution in [1.29, 1.82) is 0 Å². The van der Waals surface area contributed by atoms with E-state index < -0.39 is 9.84 Å². The zero-order valence-corrected chi connectivity index (χ0v) is 13.7. The fraction of sp³-hybridized carbons (Fsp3) is 1.00. The van der Waals surface area contributed by atoms with E-state index in [1.54, 1.807) is 0 Å². The van der Waals surface area contributed by atoms with Crippen LogP contribution in [-0.2, 0) is 9.84 Å². The first-order valence-electron chi connectivity index (χ1n) is 8.41. The minimum atomic E-state index is -2.86. The topological polar surface area (TPSA) is 46.2 Å². The first-order chi connectivity index (χ1) is 9.49. The largest absolute Gasteiger partial charge is 0.314 e. The van der Waals surface area contributed by atoms with Crippen molar-refractivity contribution in [1.82, 2.24) is 5.32 Å². The molecule has 4 heteroatoms. The van der Waals surface area contributed by atoms with Gasteiger partial charge in [0.15, 0.2) is 0 Å². The molecule has 3 rings (SSSR count). The van der Waals surface area contributed by atoms with Gasteiger partial charge in [0.25, 0.3) is 0 Å². The van der Waals surface area contributed by atoms with Crippen LogP contribution >= 0.6 is 0 Å². The predicted molar refractivity (Wildman–Crippen MR) is 82.4 cm³/mol. The molecule has 0 aliphatic heterocycles. The van der Waals surface area contributed by atoms with Crippen LogP contribution in [0.15, 0.2) is 0 Å². The van der Waals surface area contributed by atoms with E-state index in [-0.39, 0.29) is 5.25 Å². The molecule has 0 radical (unpaired) electrons. The molecule has 20 heavy (non-hydrogen) atoms. The normalized spacial score (nSPS) is 42.2. The van der Waals surface area contributed by atoms with E-state index >= 15 is 0 Å². The molecule has 0 spiro atoms. The van der Waals surface area contributed by atoms with E-state index in [9.17, 15) is 8.42 Å². The number of fused-ring (bicyclic) bond motifs is 1. The highest BCUT2D eigenvalue weighted by Gasteiger charge is 2.49. The number of hydrogen-bond donors (Lipinski definition) is 1. The zero-order chi connectivity index (χ0) is 14.3. The van der Waals surface area contributed by atoms with Crippen molar-refractivity contribution in [2.24, 2.45) is 23.7 Å². The van der Waals surface area contributed by atoms with Gasteiger partial charge in [0, 0.05) is 12.3 Å². The van der Waals surface area contributed by atoms with Gasteiger partial charge in [-0.25, -0.2) is 8.42 Å². The van der Waals surface area contributed by atoms with Crippen molar-refractivity contribution in [3.8, 4) is 0 Å². The van der Waals surface area contributed by atoms with Gasteiger partial charge in [0.1, 0.15) is 9.84 Å². The summed E-state index contributed by atoms with van der Waals surface area (Å²) in [5, 5.41) is 3.63. The molecule has 5 atom stereocenters. The van der Waals surface area contributed by atoms with Crippen LogP contribution in [0.5, 0.6) is 0 Å². The second-order valence-electron chi connectivity index (χ2n) is 7.45. The Bertz CT molecular complexity index is 437. The summed E-state index contributed by atoms with van der Waals surface area (Å²) < 4.78 is 23.7. The van der Waals surface area contributed by atoms with Gasteiger partial charge in [-0.15, -0.1) is 0 Å². The Balaban J connectivity index is 1.67. The molecular formula is C16H29NO2S. The number of rotatable bonds is 5. The van der Waals surface area contributed by atoms with Crippen molar-refractivity contribution in [3.05, 3.63) is 0 Å². The van der Waals surface area contributed by atoms with Crippen LogP contribution in [0.25, 0.3) is 0 Å². The predicted octanol–water partition coefficient (Wildman–Crippen LogP) is 2.61. The Kier molecular flexibility index (Phi) is 4.15. The molecule has 5 unspecified atom stereocenters. The molecule has 3 aliphatic carbocycles. The third-order valence-electron chi connectivity index (χ3n) is 6.01. The molecular weight excluding hydrogens is 270 g/mol. The van der Waals surface area contributed by atoms with Gasteiger partial charge in [-0.2, -0.15) is 0 Å². The van der Waals surface area contributed by atoms with Crippen LogP contribution in [0, 0.1) is 23.7 Å². The summed E-state index contributed by atoms with van der Waals surface area (Å²) in [7, 11) is -2.86. The summed E-state index contributed by atoms with van der Waals surface area (Å²) in [4.78, 5) is 0. The van der Waals surface area contributed by atoms with Gasteiger partial charge < -0.3 is 5.32 Å². The molecule has 0 saturated heterocycles. The molecule has 3 nitrogen and oxygen atoms in total. The van der Waals surface area contributed by atoms with Gasteiger partial charge >= 0.3 is 0 Å². The SMILES string of the molecule is CCNC(C1CC2CC2C1)C1CCCC(S(C)(=O)=O)C1. The smallest absolute Gasteiger partial charge is 0.150 e. The minimum Gasteiger partial charge on any atom is -0.314 e. The average molecular weight is 299 g/mol. The van der Waals surface area contributed by atoms with Crippen LogP contribution in [0.3, 0.4) is 0 Å². The lowest BCUT2D eigenvalue weighted by atomic mass is 9.77. The van der Waals surface area contributed by atoms with Crippen LogP contribution in [-0.4, -0.2) is 32.5 Å². The number of nitrogens with one attached hydrogen (secondary N) is 1. The molecule has 3 saturated carbocycles. The minimum absolute atomic E-state index is 0.0849. The molecule has 0 heterocycles. The third kappa shape index (κ3) is 3.06. The van der Waals surface area contributed by atoms with E-state index in [2.05, 4.69) is 12.2 Å². The molecule has 0 aromatic heterocycles. The second kappa shape index (κ2) is 5.60. The van der Waals surface area contributed by atoms with E-state index in [0.29, 0.717) is 12.0 Å². The Morgan fingerprint density at radius 2 is 1.75 bits per heavy atom. The lowest BCUT2D eigenvalue weighted by Crippen LogP contribution is -2.45. The molecule has 3 fully saturated rings. The molecule has 116 valence electrons. The fourth-order valence-electron chi connectivity index (χ4n) is 4.90. The maximum atomic E-state index is 11.9. The Hall–Kier alpha value is -0.0900.